The number of carbonyl (C=O) groups is 2. The first-order valence-corrected chi connectivity index (χ1v) is 14.7. The number of methoxy groups -OCH3 is 1. The van der Waals surface area contributed by atoms with Crippen molar-refractivity contribution >= 4 is 23.3 Å². The molecule has 3 amide bonds. The van der Waals surface area contributed by atoms with Crippen LogP contribution < -0.4 is 20.7 Å². The number of hydrogen-bond donors (Lipinski definition) is 3. The van der Waals surface area contributed by atoms with Gasteiger partial charge in [-0.15, -0.1) is 0 Å². The van der Waals surface area contributed by atoms with Crippen molar-refractivity contribution in [3.05, 3.63) is 95.0 Å². The van der Waals surface area contributed by atoms with Crippen molar-refractivity contribution in [3.63, 3.8) is 0 Å². The Balaban J connectivity index is 1.33. The molecule has 1 aromatic heterocycles. The minimum absolute atomic E-state index is 0.0577. The molecule has 2 aliphatic carbocycles. The Kier molecular flexibility index (Phi) is 9.13. The van der Waals surface area contributed by atoms with Crippen LogP contribution in [0.3, 0.4) is 0 Å². The van der Waals surface area contributed by atoms with E-state index in [1.165, 1.54) is 14.0 Å². The molecule has 226 valence electrons. The van der Waals surface area contributed by atoms with Crippen LogP contribution in [0.25, 0.3) is 0 Å². The number of fused-ring (bicyclic) bond motifs is 1. The van der Waals surface area contributed by atoms with Gasteiger partial charge in [0.1, 0.15) is 0 Å². The highest BCUT2D eigenvalue weighted by atomic mass is 16.5. The van der Waals surface area contributed by atoms with Gasteiger partial charge in [0.15, 0.2) is 5.75 Å². The van der Waals surface area contributed by atoms with Crippen LogP contribution >= 0.6 is 0 Å². The molecular formula is C34H41N5O4. The predicted octanol–water partition coefficient (Wildman–Crippen LogP) is 5.65. The Labute approximate surface area is 253 Å². The summed E-state index contributed by atoms with van der Waals surface area (Å²) >= 11 is 0. The number of hydrogen-bond acceptors (Lipinski definition) is 6. The number of anilines is 2. The summed E-state index contributed by atoms with van der Waals surface area (Å²) in [5.41, 5.74) is 5.62. The average Bonchev–Trinajstić information content (AvgIpc) is 2.97. The first-order chi connectivity index (χ1) is 20.6. The highest BCUT2D eigenvalue weighted by molar-refractivity contribution is 5.97. The standard InChI is InChI=1S/C34H41N5O4/c1-22(40)36-30-18-24(34(2,3)4)19-31(32(30)42-5)38-33(41)37-29-13-12-26(27-8-6-7-9-28(27)29)23-10-11-25(35-20-23)21-39-14-16-43-17-15-39/h6-13,18-20,26-27H,14-17,21H2,1-5H3,(H,36,40)(H2,37,38,41). The molecule has 1 aromatic carbocycles. The summed E-state index contributed by atoms with van der Waals surface area (Å²) in [5.74, 6) is 0.317. The number of amides is 3. The second-order valence-electron chi connectivity index (χ2n) is 12.1. The highest BCUT2D eigenvalue weighted by Gasteiger charge is 2.29. The maximum absolute atomic E-state index is 13.4. The summed E-state index contributed by atoms with van der Waals surface area (Å²) in [7, 11) is 1.52. The van der Waals surface area contributed by atoms with E-state index in [0.29, 0.717) is 17.1 Å². The van der Waals surface area contributed by atoms with E-state index < -0.39 is 6.03 Å². The zero-order valence-corrected chi connectivity index (χ0v) is 25.6. The minimum Gasteiger partial charge on any atom is -0.492 e. The van der Waals surface area contributed by atoms with Gasteiger partial charge in [0.05, 0.1) is 37.4 Å². The van der Waals surface area contributed by atoms with Crippen LogP contribution in [-0.2, 0) is 21.5 Å². The Bertz CT molecular complexity index is 1480. The number of rotatable bonds is 7. The number of nitrogens with one attached hydrogen (secondary N) is 3. The average molecular weight is 584 g/mol. The third-order valence-corrected chi connectivity index (χ3v) is 7.92. The zero-order chi connectivity index (χ0) is 30.6. The molecule has 5 rings (SSSR count). The van der Waals surface area contributed by atoms with E-state index in [9.17, 15) is 9.59 Å². The van der Waals surface area contributed by atoms with Crippen LogP contribution in [0, 0.1) is 5.92 Å². The molecule has 3 aliphatic rings. The number of carbonyl (C=O) groups excluding carboxylic acids is 2. The number of allylic oxidation sites excluding steroid dienone is 7. The summed E-state index contributed by atoms with van der Waals surface area (Å²) < 4.78 is 11.1. The Morgan fingerprint density at radius 2 is 1.74 bits per heavy atom. The normalized spacial score (nSPS) is 20.0. The van der Waals surface area contributed by atoms with E-state index in [2.05, 4.69) is 65.9 Å². The lowest BCUT2D eigenvalue weighted by molar-refractivity contribution is -0.114. The van der Waals surface area contributed by atoms with Crippen molar-refractivity contribution in [1.82, 2.24) is 15.2 Å². The molecule has 1 aliphatic heterocycles. The fourth-order valence-electron chi connectivity index (χ4n) is 5.64. The van der Waals surface area contributed by atoms with E-state index in [1.807, 2.05) is 42.6 Å². The van der Waals surface area contributed by atoms with E-state index in [-0.39, 0.29) is 23.2 Å². The number of benzene rings is 1. The van der Waals surface area contributed by atoms with Gasteiger partial charge in [-0.05, 0) is 46.4 Å². The lowest BCUT2D eigenvalue weighted by Gasteiger charge is -2.31. The molecule has 2 unspecified atom stereocenters. The number of ether oxygens (including phenoxy) is 2. The maximum atomic E-state index is 13.4. The van der Waals surface area contributed by atoms with Gasteiger partial charge in [-0.25, -0.2) is 4.79 Å². The van der Waals surface area contributed by atoms with Crippen LogP contribution in [0.1, 0.15) is 50.4 Å². The van der Waals surface area contributed by atoms with Crippen molar-refractivity contribution in [1.29, 1.82) is 0 Å². The Morgan fingerprint density at radius 1 is 1.00 bits per heavy atom. The van der Waals surface area contributed by atoms with Crippen LogP contribution in [0.5, 0.6) is 5.75 Å². The monoisotopic (exact) mass is 583 g/mol. The van der Waals surface area contributed by atoms with E-state index in [0.717, 1.165) is 60.9 Å². The molecule has 0 saturated carbocycles. The Hall–Kier alpha value is -4.21. The molecule has 9 nitrogen and oxygen atoms in total. The largest absolute Gasteiger partial charge is 0.492 e. The quantitative estimate of drug-likeness (QED) is 0.389. The lowest BCUT2D eigenvalue weighted by Crippen LogP contribution is -2.35. The topological polar surface area (TPSA) is 105 Å². The molecule has 0 bridgehead atoms. The van der Waals surface area contributed by atoms with Gasteiger partial charge in [-0.2, -0.15) is 0 Å². The number of aromatic nitrogens is 1. The van der Waals surface area contributed by atoms with Gasteiger partial charge in [0.2, 0.25) is 5.91 Å². The number of pyridine rings is 1. The van der Waals surface area contributed by atoms with Crippen LogP contribution in [-0.4, -0.2) is 55.2 Å². The SMILES string of the molecule is COc1c(NC(C)=O)cc(C(C)(C)C)cc1NC(=O)NC1=C2C=CC=CC2C(c2ccc(CN3CCOCC3)nc2)C=C1. The van der Waals surface area contributed by atoms with Crippen molar-refractivity contribution in [2.45, 2.75) is 45.6 Å². The number of nitrogens with zero attached hydrogens (tertiary/aromatic N) is 2. The van der Waals surface area contributed by atoms with Crippen molar-refractivity contribution in [3.8, 4) is 5.75 Å². The van der Waals surface area contributed by atoms with Gasteiger partial charge in [-0.1, -0.05) is 57.2 Å². The van der Waals surface area contributed by atoms with E-state index in [1.54, 1.807) is 0 Å². The molecule has 2 heterocycles. The second-order valence-corrected chi connectivity index (χ2v) is 12.1. The third-order valence-electron chi connectivity index (χ3n) is 7.92. The van der Waals surface area contributed by atoms with Crippen molar-refractivity contribution < 1.29 is 19.1 Å². The van der Waals surface area contributed by atoms with Crippen LogP contribution in [0.15, 0.2) is 78.2 Å². The van der Waals surface area contributed by atoms with Gasteiger partial charge in [0, 0.05) is 50.3 Å². The highest BCUT2D eigenvalue weighted by Crippen LogP contribution is 2.41. The molecule has 0 spiro atoms. The van der Waals surface area contributed by atoms with Gasteiger partial charge in [0.25, 0.3) is 0 Å². The molecule has 1 fully saturated rings. The minimum atomic E-state index is -0.403. The summed E-state index contributed by atoms with van der Waals surface area (Å²) in [5, 5.41) is 8.83. The van der Waals surface area contributed by atoms with Gasteiger partial charge >= 0.3 is 6.03 Å². The first-order valence-electron chi connectivity index (χ1n) is 14.7. The van der Waals surface area contributed by atoms with Gasteiger partial charge in [-0.3, -0.25) is 14.7 Å². The molecule has 2 aromatic rings. The van der Waals surface area contributed by atoms with Crippen LogP contribution in [0.2, 0.25) is 0 Å². The predicted molar refractivity (Wildman–Crippen MR) is 169 cm³/mol. The van der Waals surface area contributed by atoms with E-state index in [4.69, 9.17) is 14.5 Å². The smallest absolute Gasteiger partial charge is 0.323 e. The third kappa shape index (κ3) is 7.24. The Morgan fingerprint density at radius 3 is 2.40 bits per heavy atom. The summed E-state index contributed by atoms with van der Waals surface area (Å²) in [6, 6.07) is 7.63. The van der Waals surface area contributed by atoms with E-state index >= 15 is 0 Å². The molecule has 9 heteroatoms. The van der Waals surface area contributed by atoms with Gasteiger partial charge < -0.3 is 25.4 Å². The molecule has 3 N–H and O–H groups in total. The maximum Gasteiger partial charge on any atom is 0.323 e. The number of urea groups is 1. The number of morpholine rings is 1. The molecular weight excluding hydrogens is 542 g/mol. The van der Waals surface area contributed by atoms with Crippen molar-refractivity contribution in [2.24, 2.45) is 5.92 Å². The second kappa shape index (κ2) is 13.0. The van der Waals surface area contributed by atoms with Crippen LogP contribution in [0.4, 0.5) is 16.2 Å². The molecule has 2 atom stereocenters. The molecule has 1 saturated heterocycles. The lowest BCUT2D eigenvalue weighted by atomic mass is 9.76. The fourth-order valence-corrected chi connectivity index (χ4v) is 5.64. The summed E-state index contributed by atoms with van der Waals surface area (Å²) in [6.07, 6.45) is 14.3. The summed E-state index contributed by atoms with van der Waals surface area (Å²) in [6.45, 7) is 11.9. The zero-order valence-electron chi connectivity index (χ0n) is 25.6. The summed E-state index contributed by atoms with van der Waals surface area (Å²) in [4.78, 5) is 32.4. The molecule has 0 radical (unpaired) electrons. The molecule has 43 heavy (non-hydrogen) atoms. The fraction of sp³-hybridized carbons (Fsp3) is 0.382. The first kappa shape index (κ1) is 30.3. The van der Waals surface area contributed by atoms with Crippen molar-refractivity contribution in [2.75, 3.05) is 44.0 Å².